The molecule has 5 nitrogen and oxygen atoms in total. The van der Waals surface area contributed by atoms with E-state index < -0.39 is 29.8 Å². The second-order valence-electron chi connectivity index (χ2n) is 4.41. The van der Waals surface area contributed by atoms with E-state index in [1.807, 2.05) is 6.92 Å². The van der Waals surface area contributed by atoms with Gasteiger partial charge in [-0.15, -0.1) is 0 Å². The number of carbonyl (C=O) groups excluding carboxylic acids is 1. The van der Waals surface area contributed by atoms with Gasteiger partial charge >= 0.3 is 5.97 Å². The summed E-state index contributed by atoms with van der Waals surface area (Å²) in [5.41, 5.74) is 0. The van der Waals surface area contributed by atoms with Crippen molar-refractivity contribution >= 4 is 11.9 Å². The second-order valence-corrected chi connectivity index (χ2v) is 4.41. The van der Waals surface area contributed by atoms with Crippen LogP contribution in [-0.2, 0) is 9.59 Å². The number of amides is 1. The Morgan fingerprint density at radius 2 is 2.15 bits per heavy atom. The molecule has 1 unspecified atom stereocenters. The molecule has 1 aromatic carbocycles. The van der Waals surface area contributed by atoms with Gasteiger partial charge in [-0.3, -0.25) is 4.79 Å². The second kappa shape index (κ2) is 7.47. The molecule has 1 amide bonds. The first-order chi connectivity index (χ1) is 9.43. The van der Waals surface area contributed by atoms with Crippen LogP contribution in [0.3, 0.4) is 0 Å². The van der Waals surface area contributed by atoms with Crippen molar-refractivity contribution in [3.63, 3.8) is 0 Å². The molecule has 2 atom stereocenters. The summed E-state index contributed by atoms with van der Waals surface area (Å²) in [6.07, 6.45) is 0.0694. The van der Waals surface area contributed by atoms with Crippen LogP contribution in [0.25, 0.3) is 0 Å². The summed E-state index contributed by atoms with van der Waals surface area (Å²) in [6.45, 7) is 3.31. The highest BCUT2D eigenvalue weighted by Gasteiger charge is 2.23. The maximum absolute atomic E-state index is 13.0. The fourth-order valence-electron chi connectivity index (χ4n) is 1.63. The summed E-state index contributed by atoms with van der Waals surface area (Å²) in [5.74, 6) is -1.88. The van der Waals surface area contributed by atoms with Gasteiger partial charge in [0.05, 0.1) is 0 Å². The van der Waals surface area contributed by atoms with Crippen LogP contribution < -0.4 is 10.1 Å². The van der Waals surface area contributed by atoms with Crippen LogP contribution in [0.1, 0.15) is 26.7 Å². The van der Waals surface area contributed by atoms with E-state index in [1.165, 1.54) is 25.1 Å². The van der Waals surface area contributed by atoms with E-state index in [0.29, 0.717) is 12.8 Å². The zero-order valence-corrected chi connectivity index (χ0v) is 11.4. The number of carboxylic acids is 1. The number of hydrogen-bond donors (Lipinski definition) is 2. The summed E-state index contributed by atoms with van der Waals surface area (Å²) in [7, 11) is 0. The molecular formula is C14H18FNO4. The number of carbonyl (C=O) groups is 2. The standard InChI is InChI=1S/C14H18FNO4/c1-3-5-12(14(18)19)16-13(17)9(2)20-11-7-4-6-10(15)8-11/h4,6-9,12H,3,5H2,1-2H3,(H,16,17)(H,18,19)/t9?,12-/m0/s1. The molecule has 0 aliphatic carbocycles. The van der Waals surface area contributed by atoms with E-state index in [-0.39, 0.29) is 5.75 Å². The summed E-state index contributed by atoms with van der Waals surface area (Å²) >= 11 is 0. The molecule has 1 aromatic rings. The van der Waals surface area contributed by atoms with Crippen molar-refractivity contribution in [3.05, 3.63) is 30.1 Å². The van der Waals surface area contributed by atoms with Crippen LogP contribution in [0.4, 0.5) is 4.39 Å². The Kier molecular flexibility index (Phi) is 5.96. The first-order valence-electron chi connectivity index (χ1n) is 6.39. The smallest absolute Gasteiger partial charge is 0.326 e. The summed E-state index contributed by atoms with van der Waals surface area (Å²) in [5, 5.41) is 11.4. The monoisotopic (exact) mass is 283 g/mol. The zero-order chi connectivity index (χ0) is 15.1. The molecule has 6 heteroatoms. The van der Waals surface area contributed by atoms with E-state index in [4.69, 9.17) is 9.84 Å². The van der Waals surface area contributed by atoms with Crippen LogP contribution >= 0.6 is 0 Å². The lowest BCUT2D eigenvalue weighted by Gasteiger charge is -2.18. The number of benzene rings is 1. The first kappa shape index (κ1) is 15.9. The van der Waals surface area contributed by atoms with Crippen molar-refractivity contribution in [1.29, 1.82) is 0 Å². The summed E-state index contributed by atoms with van der Waals surface area (Å²) in [4.78, 5) is 22.8. The minimum absolute atomic E-state index is 0.218. The number of rotatable bonds is 7. The van der Waals surface area contributed by atoms with Gasteiger partial charge in [0.1, 0.15) is 17.6 Å². The van der Waals surface area contributed by atoms with Crippen LogP contribution in [0.2, 0.25) is 0 Å². The van der Waals surface area contributed by atoms with E-state index in [1.54, 1.807) is 0 Å². The molecule has 0 fully saturated rings. The molecule has 1 rings (SSSR count). The van der Waals surface area contributed by atoms with Crippen LogP contribution in [0, 0.1) is 5.82 Å². The quantitative estimate of drug-likeness (QED) is 0.802. The fraction of sp³-hybridized carbons (Fsp3) is 0.429. The molecule has 0 heterocycles. The van der Waals surface area contributed by atoms with Gasteiger partial charge in [-0.2, -0.15) is 0 Å². The van der Waals surface area contributed by atoms with Gasteiger partial charge in [0, 0.05) is 6.07 Å². The molecule has 110 valence electrons. The van der Waals surface area contributed by atoms with E-state index in [0.717, 1.165) is 6.07 Å². The van der Waals surface area contributed by atoms with Crippen molar-refractivity contribution in [3.8, 4) is 5.75 Å². The highest BCUT2D eigenvalue weighted by Crippen LogP contribution is 2.14. The van der Waals surface area contributed by atoms with Gasteiger partial charge in [0.25, 0.3) is 5.91 Å². The van der Waals surface area contributed by atoms with Gasteiger partial charge < -0.3 is 15.2 Å². The molecular weight excluding hydrogens is 265 g/mol. The number of carboxylic acid groups (broad SMARTS) is 1. The third kappa shape index (κ3) is 4.87. The Balaban J connectivity index is 2.60. The van der Waals surface area contributed by atoms with Crippen molar-refractivity contribution in [2.75, 3.05) is 0 Å². The maximum Gasteiger partial charge on any atom is 0.326 e. The minimum atomic E-state index is -1.09. The van der Waals surface area contributed by atoms with Crippen molar-refractivity contribution in [1.82, 2.24) is 5.32 Å². The topological polar surface area (TPSA) is 75.6 Å². The normalized spacial score (nSPS) is 13.3. The molecule has 0 saturated carbocycles. The average Bonchev–Trinajstić information content (AvgIpc) is 2.37. The lowest BCUT2D eigenvalue weighted by Crippen LogP contribution is -2.46. The third-order valence-corrected chi connectivity index (χ3v) is 2.67. The summed E-state index contributed by atoms with van der Waals surface area (Å²) in [6, 6.07) is 4.47. The molecule has 20 heavy (non-hydrogen) atoms. The Labute approximate surface area is 116 Å². The van der Waals surface area contributed by atoms with Gasteiger partial charge in [-0.1, -0.05) is 19.4 Å². The predicted molar refractivity (Wildman–Crippen MR) is 71.0 cm³/mol. The molecule has 0 aliphatic rings. The van der Waals surface area contributed by atoms with Gasteiger partial charge in [-0.05, 0) is 25.5 Å². The van der Waals surface area contributed by atoms with Crippen molar-refractivity contribution in [2.24, 2.45) is 0 Å². The lowest BCUT2D eigenvalue weighted by atomic mass is 10.1. The average molecular weight is 283 g/mol. The fourth-order valence-corrected chi connectivity index (χ4v) is 1.63. The SMILES string of the molecule is CCC[C@H](NC(=O)C(C)Oc1cccc(F)c1)C(=O)O. The van der Waals surface area contributed by atoms with Crippen LogP contribution in [-0.4, -0.2) is 29.1 Å². The Bertz CT molecular complexity index is 478. The van der Waals surface area contributed by atoms with Crippen LogP contribution in [0.15, 0.2) is 24.3 Å². The predicted octanol–water partition coefficient (Wildman–Crippen LogP) is 1.96. The van der Waals surface area contributed by atoms with Gasteiger partial charge in [0.2, 0.25) is 0 Å². The Morgan fingerprint density at radius 3 is 2.70 bits per heavy atom. The van der Waals surface area contributed by atoms with Crippen LogP contribution in [0.5, 0.6) is 5.75 Å². The zero-order valence-electron chi connectivity index (χ0n) is 11.4. The van der Waals surface area contributed by atoms with E-state index in [2.05, 4.69) is 5.32 Å². The molecule has 0 aliphatic heterocycles. The molecule has 0 aromatic heterocycles. The molecule has 0 radical (unpaired) electrons. The number of ether oxygens (including phenoxy) is 1. The van der Waals surface area contributed by atoms with E-state index >= 15 is 0 Å². The number of aliphatic carboxylic acids is 1. The molecule has 0 bridgehead atoms. The van der Waals surface area contributed by atoms with Crippen molar-refractivity contribution in [2.45, 2.75) is 38.8 Å². The highest BCUT2D eigenvalue weighted by molar-refractivity contribution is 5.86. The largest absolute Gasteiger partial charge is 0.481 e. The minimum Gasteiger partial charge on any atom is -0.481 e. The van der Waals surface area contributed by atoms with E-state index in [9.17, 15) is 14.0 Å². The maximum atomic E-state index is 13.0. The molecule has 0 saturated heterocycles. The highest BCUT2D eigenvalue weighted by atomic mass is 19.1. The number of halogens is 1. The first-order valence-corrected chi connectivity index (χ1v) is 6.39. The van der Waals surface area contributed by atoms with Crippen molar-refractivity contribution < 1.29 is 23.8 Å². The molecule has 2 N–H and O–H groups in total. The number of nitrogens with one attached hydrogen (secondary N) is 1. The number of hydrogen-bond acceptors (Lipinski definition) is 3. The Hall–Kier alpha value is -2.11. The Morgan fingerprint density at radius 1 is 1.45 bits per heavy atom. The van der Waals surface area contributed by atoms with Gasteiger partial charge in [-0.25, -0.2) is 9.18 Å². The third-order valence-electron chi connectivity index (χ3n) is 2.67. The molecule has 0 spiro atoms. The lowest BCUT2D eigenvalue weighted by molar-refractivity contribution is -0.143. The summed E-state index contributed by atoms with van der Waals surface area (Å²) < 4.78 is 18.2. The van der Waals surface area contributed by atoms with Gasteiger partial charge in [0.15, 0.2) is 6.10 Å².